The number of carbonyl (C=O) groups excluding carboxylic acids is 1. The maximum Gasteiger partial charge on any atom is 0.446 e. The van der Waals surface area contributed by atoms with Crippen LogP contribution in [0.3, 0.4) is 0 Å². The number of carbonyl (C=O) groups is 2. The summed E-state index contributed by atoms with van der Waals surface area (Å²) in [7, 11) is 0. The fourth-order valence-corrected chi connectivity index (χ4v) is 3.86. The zero-order valence-corrected chi connectivity index (χ0v) is 17.6. The maximum atomic E-state index is 12.9. The summed E-state index contributed by atoms with van der Waals surface area (Å²) < 4.78 is 39.8. The molecule has 1 atom stereocenters. The van der Waals surface area contributed by atoms with Crippen molar-refractivity contribution in [2.24, 2.45) is 0 Å². The van der Waals surface area contributed by atoms with Crippen LogP contribution in [-0.2, 0) is 4.79 Å². The molecule has 3 rings (SSSR count). The van der Waals surface area contributed by atoms with Crippen molar-refractivity contribution >= 4 is 35.2 Å². The summed E-state index contributed by atoms with van der Waals surface area (Å²) >= 11 is 5.51. The molecule has 3 aromatic rings. The molecule has 0 radical (unpaired) electrons. The van der Waals surface area contributed by atoms with Crippen LogP contribution in [0.5, 0.6) is 0 Å². The molecule has 1 heterocycles. The number of halogens is 4. The van der Waals surface area contributed by atoms with Gasteiger partial charge in [-0.3, -0.25) is 19.5 Å². The number of thioether (sulfide) groups is 1. The van der Waals surface area contributed by atoms with Crippen molar-refractivity contribution in [1.29, 1.82) is 0 Å². The Hall–Kier alpha value is -3.18. The topological polar surface area (TPSA) is 104 Å². The monoisotopic (exact) mass is 485 g/mol. The smallest absolute Gasteiger partial charge is 0.446 e. The summed E-state index contributed by atoms with van der Waals surface area (Å²) in [5.41, 5.74) is -5.04. The Morgan fingerprint density at radius 3 is 2.53 bits per heavy atom. The van der Waals surface area contributed by atoms with Gasteiger partial charge in [-0.2, -0.15) is 13.2 Å². The first-order valence-corrected chi connectivity index (χ1v) is 10.2. The molecule has 1 amide bonds. The number of aromatic nitrogens is 2. The minimum absolute atomic E-state index is 0.0119. The van der Waals surface area contributed by atoms with E-state index in [0.29, 0.717) is 10.7 Å². The molecule has 1 unspecified atom stereocenters. The Bertz CT molecular complexity index is 1210. The van der Waals surface area contributed by atoms with E-state index in [9.17, 15) is 32.7 Å². The van der Waals surface area contributed by atoms with Gasteiger partial charge in [0.15, 0.2) is 0 Å². The molecule has 32 heavy (non-hydrogen) atoms. The molecule has 2 aromatic carbocycles. The number of H-pyrrole nitrogens is 1. The molecular formula is C20H15ClF3N3O4S. The summed E-state index contributed by atoms with van der Waals surface area (Å²) in [5, 5.41) is 14.6. The predicted molar refractivity (Wildman–Crippen MR) is 112 cm³/mol. The summed E-state index contributed by atoms with van der Waals surface area (Å²) in [6.45, 7) is 0. The van der Waals surface area contributed by atoms with Crippen LogP contribution in [0, 0.1) is 0 Å². The van der Waals surface area contributed by atoms with Crippen molar-refractivity contribution in [1.82, 2.24) is 15.1 Å². The molecule has 12 heteroatoms. The number of aliphatic carboxylic acids is 1. The van der Waals surface area contributed by atoms with Crippen LogP contribution in [0.4, 0.5) is 13.2 Å². The summed E-state index contributed by atoms with van der Waals surface area (Å²) in [5.74, 6) is -2.19. The van der Waals surface area contributed by atoms with E-state index in [0.717, 1.165) is 10.7 Å². The van der Waals surface area contributed by atoms with E-state index in [1.54, 1.807) is 18.2 Å². The second-order valence-corrected chi connectivity index (χ2v) is 8.08. The van der Waals surface area contributed by atoms with Crippen LogP contribution in [0.25, 0.3) is 5.69 Å². The predicted octanol–water partition coefficient (Wildman–Crippen LogP) is 4.38. The first-order chi connectivity index (χ1) is 15.0. The van der Waals surface area contributed by atoms with Crippen LogP contribution >= 0.6 is 23.4 Å². The SMILES string of the molecule is O=C(O)CC(NC(=O)c1cc(=O)n(-c2cccc(Cl)c2)[nH]1)c1ccccc1SC(F)(F)F. The molecule has 0 fully saturated rings. The van der Waals surface area contributed by atoms with E-state index >= 15 is 0 Å². The Balaban J connectivity index is 1.91. The first kappa shape index (κ1) is 23.5. The second-order valence-electron chi connectivity index (χ2n) is 6.53. The number of aromatic amines is 1. The average molecular weight is 486 g/mol. The van der Waals surface area contributed by atoms with Gasteiger partial charge in [0.25, 0.3) is 11.5 Å². The van der Waals surface area contributed by atoms with Crippen LogP contribution in [-0.4, -0.2) is 32.3 Å². The number of rotatable bonds is 7. The number of nitrogens with zero attached hydrogens (tertiary/aromatic N) is 1. The molecule has 0 aliphatic rings. The van der Waals surface area contributed by atoms with Crippen LogP contribution in [0.1, 0.15) is 28.5 Å². The average Bonchev–Trinajstić information content (AvgIpc) is 3.08. The lowest BCUT2D eigenvalue weighted by molar-refractivity contribution is -0.137. The molecule has 7 nitrogen and oxygen atoms in total. The molecule has 0 aliphatic heterocycles. The van der Waals surface area contributed by atoms with Crippen LogP contribution in [0.2, 0.25) is 5.02 Å². The summed E-state index contributed by atoms with van der Waals surface area (Å²) in [6.07, 6.45) is -0.666. The van der Waals surface area contributed by atoms with Crippen LogP contribution in [0.15, 0.2) is 64.3 Å². The zero-order chi connectivity index (χ0) is 23.5. The van der Waals surface area contributed by atoms with E-state index in [-0.39, 0.29) is 16.2 Å². The molecule has 1 aromatic heterocycles. The maximum absolute atomic E-state index is 12.9. The van der Waals surface area contributed by atoms with Gasteiger partial charge in [-0.25, -0.2) is 4.68 Å². The molecule has 0 spiro atoms. The van der Waals surface area contributed by atoms with Crippen LogP contribution < -0.4 is 10.9 Å². The fourth-order valence-electron chi connectivity index (χ4n) is 2.95. The molecule has 168 valence electrons. The lowest BCUT2D eigenvalue weighted by Crippen LogP contribution is -2.31. The number of benzene rings is 2. The van der Waals surface area contributed by atoms with E-state index in [1.165, 1.54) is 30.3 Å². The van der Waals surface area contributed by atoms with E-state index < -0.39 is 47.2 Å². The highest BCUT2D eigenvalue weighted by Gasteiger charge is 2.32. The molecule has 0 saturated carbocycles. The number of hydrogen-bond donors (Lipinski definition) is 3. The minimum Gasteiger partial charge on any atom is -0.481 e. The molecule has 3 N–H and O–H groups in total. The Labute approximate surface area is 188 Å². The van der Waals surface area contributed by atoms with E-state index in [2.05, 4.69) is 10.4 Å². The van der Waals surface area contributed by atoms with Gasteiger partial charge in [0, 0.05) is 16.0 Å². The van der Waals surface area contributed by atoms with Crippen molar-refractivity contribution in [3.8, 4) is 5.69 Å². The Morgan fingerprint density at radius 1 is 1.16 bits per heavy atom. The van der Waals surface area contributed by atoms with Gasteiger partial charge in [-0.15, -0.1) is 0 Å². The standard InChI is InChI=1S/C20H15ClF3N3O4S/c21-11-4-3-5-12(8-11)27-17(28)9-15(26-27)19(31)25-14(10-18(29)30)13-6-1-2-7-16(13)32-20(22,23)24/h1-9,14,26H,10H2,(H,25,31)(H,29,30). The highest BCUT2D eigenvalue weighted by molar-refractivity contribution is 8.00. The Kier molecular flexibility index (Phi) is 6.99. The minimum atomic E-state index is -4.60. The van der Waals surface area contributed by atoms with Crippen molar-refractivity contribution in [2.45, 2.75) is 22.9 Å². The number of nitrogens with one attached hydrogen (secondary N) is 2. The highest BCUT2D eigenvalue weighted by Crippen LogP contribution is 2.40. The Morgan fingerprint density at radius 2 is 1.88 bits per heavy atom. The molecular weight excluding hydrogens is 471 g/mol. The van der Waals surface area contributed by atoms with E-state index in [4.69, 9.17) is 11.6 Å². The highest BCUT2D eigenvalue weighted by atomic mass is 35.5. The molecule has 0 aliphatic carbocycles. The lowest BCUT2D eigenvalue weighted by Gasteiger charge is -2.20. The lowest BCUT2D eigenvalue weighted by atomic mass is 10.0. The molecule has 0 bridgehead atoms. The number of amides is 1. The third-order valence-electron chi connectivity index (χ3n) is 4.24. The number of hydrogen-bond acceptors (Lipinski definition) is 4. The molecule has 0 saturated heterocycles. The zero-order valence-electron chi connectivity index (χ0n) is 16.0. The van der Waals surface area contributed by atoms with Gasteiger partial charge >= 0.3 is 11.5 Å². The summed E-state index contributed by atoms with van der Waals surface area (Å²) in [6, 6.07) is 11.3. The number of alkyl halides is 3. The first-order valence-electron chi connectivity index (χ1n) is 8.99. The van der Waals surface area contributed by atoms with Gasteiger partial charge in [0.05, 0.1) is 18.2 Å². The van der Waals surface area contributed by atoms with Gasteiger partial charge in [0.1, 0.15) is 5.69 Å². The quantitative estimate of drug-likeness (QED) is 0.431. The fraction of sp³-hybridized carbons (Fsp3) is 0.150. The van der Waals surface area contributed by atoms with Gasteiger partial charge < -0.3 is 10.4 Å². The van der Waals surface area contributed by atoms with Gasteiger partial charge in [0.2, 0.25) is 0 Å². The normalized spacial score (nSPS) is 12.4. The van der Waals surface area contributed by atoms with Crippen molar-refractivity contribution in [3.63, 3.8) is 0 Å². The van der Waals surface area contributed by atoms with Gasteiger partial charge in [-0.05, 0) is 41.6 Å². The van der Waals surface area contributed by atoms with Crippen molar-refractivity contribution < 1.29 is 27.9 Å². The second kappa shape index (κ2) is 9.53. The van der Waals surface area contributed by atoms with E-state index in [1.807, 2.05) is 0 Å². The van der Waals surface area contributed by atoms with Crippen molar-refractivity contribution in [2.75, 3.05) is 0 Å². The van der Waals surface area contributed by atoms with Crippen molar-refractivity contribution in [3.05, 3.63) is 81.2 Å². The van der Waals surface area contributed by atoms with Gasteiger partial charge in [-0.1, -0.05) is 35.9 Å². The largest absolute Gasteiger partial charge is 0.481 e. The third-order valence-corrected chi connectivity index (χ3v) is 5.29. The number of carboxylic acid groups (broad SMARTS) is 1. The number of carboxylic acids is 1. The third kappa shape index (κ3) is 5.95. The summed E-state index contributed by atoms with van der Waals surface area (Å²) in [4.78, 5) is 36.1.